The largest absolute Gasteiger partial charge is 0.507 e. The van der Waals surface area contributed by atoms with Gasteiger partial charge in [0.15, 0.2) is 5.13 Å². The summed E-state index contributed by atoms with van der Waals surface area (Å²) in [7, 11) is 0. The van der Waals surface area contributed by atoms with E-state index in [-0.39, 0.29) is 0 Å². The van der Waals surface area contributed by atoms with Crippen LogP contribution in [0.15, 0.2) is 36.4 Å². The minimum Gasteiger partial charge on any atom is -0.507 e. The minimum absolute atomic E-state index is 0.291. The molecule has 0 bridgehead atoms. The van der Waals surface area contributed by atoms with Gasteiger partial charge in [0.25, 0.3) is 0 Å². The number of anilines is 1. The third-order valence-corrected chi connectivity index (χ3v) is 3.90. The third kappa shape index (κ3) is 2.40. The zero-order chi connectivity index (χ0) is 15.2. The summed E-state index contributed by atoms with van der Waals surface area (Å²) in [5.41, 5.74) is 6.16. The summed E-state index contributed by atoms with van der Waals surface area (Å²) in [6.07, 6.45) is -4.49. The summed E-state index contributed by atoms with van der Waals surface area (Å²) in [4.78, 5) is 4.16. The molecule has 108 valence electrons. The molecule has 0 spiro atoms. The van der Waals surface area contributed by atoms with E-state index in [1.165, 1.54) is 17.4 Å². The fourth-order valence-corrected chi connectivity index (χ4v) is 2.88. The standard InChI is InChI=1S/C14H9F3N2OS/c15-14(16,17)7-4-5-8(10(20)6-7)9-2-1-3-11-12(9)19-13(18)21-11/h1-6,20H,(H2,18,19). The highest BCUT2D eigenvalue weighted by Gasteiger charge is 2.31. The van der Waals surface area contributed by atoms with Gasteiger partial charge in [0.2, 0.25) is 0 Å². The van der Waals surface area contributed by atoms with Gasteiger partial charge in [0.05, 0.1) is 15.8 Å². The van der Waals surface area contributed by atoms with Gasteiger partial charge in [-0.2, -0.15) is 13.2 Å². The van der Waals surface area contributed by atoms with E-state index in [1.807, 2.05) is 6.07 Å². The molecule has 0 fully saturated rings. The minimum atomic E-state index is -4.49. The zero-order valence-electron chi connectivity index (χ0n) is 10.5. The van der Waals surface area contributed by atoms with Gasteiger partial charge in [0, 0.05) is 11.1 Å². The number of phenolic OH excluding ortho intramolecular Hbond substituents is 1. The van der Waals surface area contributed by atoms with Gasteiger partial charge in [-0.15, -0.1) is 0 Å². The predicted octanol–water partition coefficient (Wildman–Crippen LogP) is 4.27. The van der Waals surface area contributed by atoms with Crippen LogP contribution in [0.3, 0.4) is 0 Å². The van der Waals surface area contributed by atoms with Crippen molar-refractivity contribution in [1.82, 2.24) is 4.98 Å². The van der Waals surface area contributed by atoms with Crippen LogP contribution in [0, 0.1) is 0 Å². The number of rotatable bonds is 1. The molecule has 3 rings (SSSR count). The number of para-hydroxylation sites is 1. The lowest BCUT2D eigenvalue weighted by molar-refractivity contribution is -0.137. The number of thiazole rings is 1. The fraction of sp³-hybridized carbons (Fsp3) is 0.0714. The summed E-state index contributed by atoms with van der Waals surface area (Å²) in [6, 6.07) is 8.13. The Morgan fingerprint density at radius 2 is 1.86 bits per heavy atom. The maximum atomic E-state index is 12.6. The number of nitrogens with two attached hydrogens (primary N) is 1. The highest BCUT2D eigenvalue weighted by Crippen LogP contribution is 2.39. The molecule has 0 amide bonds. The molecule has 7 heteroatoms. The fourth-order valence-electron chi connectivity index (χ4n) is 2.12. The van der Waals surface area contributed by atoms with Crippen LogP contribution in [0.1, 0.15) is 5.56 Å². The zero-order valence-corrected chi connectivity index (χ0v) is 11.3. The Morgan fingerprint density at radius 1 is 1.10 bits per heavy atom. The lowest BCUT2D eigenvalue weighted by Gasteiger charge is -2.10. The van der Waals surface area contributed by atoms with Crippen LogP contribution in [0.4, 0.5) is 18.3 Å². The summed E-state index contributed by atoms with van der Waals surface area (Å²) in [6.45, 7) is 0. The average Bonchev–Trinajstić information content (AvgIpc) is 2.77. The molecule has 0 atom stereocenters. The lowest BCUT2D eigenvalue weighted by Crippen LogP contribution is -2.04. The SMILES string of the molecule is Nc1nc2c(-c3ccc(C(F)(F)F)cc3O)cccc2s1. The van der Waals surface area contributed by atoms with E-state index in [0.29, 0.717) is 27.8 Å². The highest BCUT2D eigenvalue weighted by atomic mass is 32.1. The number of nitrogen functional groups attached to an aromatic ring is 1. The molecule has 21 heavy (non-hydrogen) atoms. The monoisotopic (exact) mass is 310 g/mol. The Balaban J connectivity index is 2.19. The van der Waals surface area contributed by atoms with Crippen molar-refractivity contribution >= 4 is 26.7 Å². The lowest BCUT2D eigenvalue weighted by atomic mass is 10.0. The van der Waals surface area contributed by atoms with Crippen LogP contribution >= 0.6 is 11.3 Å². The van der Waals surface area contributed by atoms with Crippen molar-refractivity contribution in [2.75, 3.05) is 5.73 Å². The van der Waals surface area contributed by atoms with Gasteiger partial charge in [0.1, 0.15) is 5.75 Å². The second-order valence-electron chi connectivity index (χ2n) is 4.43. The number of halogens is 3. The van der Waals surface area contributed by atoms with Gasteiger partial charge in [-0.05, 0) is 24.3 Å². The van der Waals surface area contributed by atoms with E-state index in [1.54, 1.807) is 12.1 Å². The van der Waals surface area contributed by atoms with Crippen molar-refractivity contribution in [3.63, 3.8) is 0 Å². The maximum absolute atomic E-state index is 12.6. The molecule has 0 aliphatic carbocycles. The first-order valence-corrected chi connectivity index (χ1v) is 6.73. The normalized spacial score (nSPS) is 12.0. The smallest absolute Gasteiger partial charge is 0.416 e. The quantitative estimate of drug-likeness (QED) is 0.705. The topological polar surface area (TPSA) is 59.1 Å². The van der Waals surface area contributed by atoms with Crippen molar-refractivity contribution in [2.45, 2.75) is 6.18 Å². The number of benzene rings is 2. The van der Waals surface area contributed by atoms with Crippen LogP contribution in [-0.4, -0.2) is 10.1 Å². The highest BCUT2D eigenvalue weighted by molar-refractivity contribution is 7.22. The van der Waals surface area contributed by atoms with E-state index in [9.17, 15) is 18.3 Å². The molecule has 0 aliphatic rings. The van der Waals surface area contributed by atoms with Crippen molar-refractivity contribution in [3.8, 4) is 16.9 Å². The first kappa shape index (κ1) is 13.7. The number of nitrogens with zero attached hydrogens (tertiary/aromatic N) is 1. The Kier molecular flexibility index (Phi) is 3.02. The van der Waals surface area contributed by atoms with Gasteiger partial charge in [-0.3, -0.25) is 0 Å². The molecule has 0 saturated carbocycles. The van der Waals surface area contributed by atoms with Crippen LogP contribution < -0.4 is 5.73 Å². The molecule has 1 heterocycles. The first-order valence-electron chi connectivity index (χ1n) is 5.92. The number of aromatic hydroxyl groups is 1. The number of phenols is 1. The molecule has 0 unspecified atom stereocenters. The second kappa shape index (κ2) is 4.63. The van der Waals surface area contributed by atoms with Gasteiger partial charge in [-0.25, -0.2) is 4.98 Å². The van der Waals surface area contributed by atoms with Crippen LogP contribution in [-0.2, 0) is 6.18 Å². The van der Waals surface area contributed by atoms with E-state index in [4.69, 9.17) is 5.73 Å². The molecule has 1 aromatic heterocycles. The number of hydrogen-bond acceptors (Lipinski definition) is 4. The Labute approximate surface area is 121 Å². The van der Waals surface area contributed by atoms with Gasteiger partial charge in [-0.1, -0.05) is 23.5 Å². The summed E-state index contributed by atoms with van der Waals surface area (Å²) in [5, 5.41) is 10.3. The van der Waals surface area contributed by atoms with Crippen molar-refractivity contribution in [1.29, 1.82) is 0 Å². The van der Waals surface area contributed by atoms with Crippen molar-refractivity contribution < 1.29 is 18.3 Å². The van der Waals surface area contributed by atoms with E-state index >= 15 is 0 Å². The Bertz CT molecular complexity index is 827. The Hall–Kier alpha value is -2.28. The third-order valence-electron chi connectivity index (χ3n) is 3.05. The maximum Gasteiger partial charge on any atom is 0.416 e. The molecule has 3 aromatic rings. The molecular formula is C14H9F3N2OS. The molecule has 0 aliphatic heterocycles. The van der Waals surface area contributed by atoms with Gasteiger partial charge >= 0.3 is 6.18 Å². The van der Waals surface area contributed by atoms with Crippen LogP contribution in [0.25, 0.3) is 21.3 Å². The van der Waals surface area contributed by atoms with Crippen LogP contribution in [0.2, 0.25) is 0 Å². The summed E-state index contributed by atoms with van der Waals surface area (Å²) >= 11 is 1.28. The number of fused-ring (bicyclic) bond motifs is 1. The van der Waals surface area contributed by atoms with Crippen molar-refractivity contribution in [3.05, 3.63) is 42.0 Å². The second-order valence-corrected chi connectivity index (χ2v) is 5.50. The van der Waals surface area contributed by atoms with Crippen LogP contribution in [0.5, 0.6) is 5.75 Å². The van der Waals surface area contributed by atoms with Gasteiger partial charge < -0.3 is 10.8 Å². The summed E-state index contributed by atoms with van der Waals surface area (Å²) in [5.74, 6) is -0.441. The Morgan fingerprint density at radius 3 is 2.52 bits per heavy atom. The van der Waals surface area contributed by atoms with E-state index in [2.05, 4.69) is 4.98 Å². The number of aromatic nitrogens is 1. The number of hydrogen-bond donors (Lipinski definition) is 2. The first-order chi connectivity index (χ1) is 9.86. The predicted molar refractivity (Wildman–Crippen MR) is 76.1 cm³/mol. The van der Waals surface area contributed by atoms with E-state index < -0.39 is 17.5 Å². The molecule has 2 aromatic carbocycles. The number of alkyl halides is 3. The van der Waals surface area contributed by atoms with E-state index in [0.717, 1.165) is 10.8 Å². The molecule has 3 N–H and O–H groups in total. The molecule has 0 saturated heterocycles. The molecule has 3 nitrogen and oxygen atoms in total. The van der Waals surface area contributed by atoms with Crippen molar-refractivity contribution in [2.24, 2.45) is 0 Å². The average molecular weight is 310 g/mol. The molecule has 0 radical (unpaired) electrons. The summed E-state index contributed by atoms with van der Waals surface area (Å²) < 4.78 is 38.7. The molecular weight excluding hydrogens is 301 g/mol.